The van der Waals surface area contributed by atoms with Crippen LogP contribution in [0.1, 0.15) is 29.6 Å². The van der Waals surface area contributed by atoms with Gasteiger partial charge in [0.2, 0.25) is 0 Å². The minimum Gasteiger partial charge on any atom is -0.472 e. The van der Waals surface area contributed by atoms with Crippen molar-refractivity contribution < 1.29 is 27.9 Å². The molecule has 1 saturated carbocycles. The van der Waals surface area contributed by atoms with Crippen LogP contribution in [-0.4, -0.2) is 64.4 Å². The first-order valence-electron chi connectivity index (χ1n) is 7.56. The summed E-state index contributed by atoms with van der Waals surface area (Å²) in [4.78, 5) is 26.7. The molecule has 3 rings (SSSR count). The van der Waals surface area contributed by atoms with Gasteiger partial charge >= 0.3 is 5.92 Å². The summed E-state index contributed by atoms with van der Waals surface area (Å²) in [6.07, 6.45) is 3.06. The summed E-state index contributed by atoms with van der Waals surface area (Å²) in [5, 5.41) is 9.83. The highest BCUT2D eigenvalue weighted by atomic mass is 19.3. The molecule has 1 aromatic rings. The summed E-state index contributed by atoms with van der Waals surface area (Å²) in [6, 6.07) is 1.53. The molecule has 8 heteroatoms. The largest absolute Gasteiger partial charge is 0.472 e. The van der Waals surface area contributed by atoms with E-state index in [-0.39, 0.29) is 44.9 Å². The van der Waals surface area contributed by atoms with Crippen molar-refractivity contribution >= 4 is 11.8 Å². The standard InChI is InChI=1S/C15H18F2N2O4/c16-15(17,14(22)3-1-4-14)13(21)19-7-5-18(6-8-19)12(20)11-2-9-23-10-11/h2,9-10,22H,1,3-8H2. The molecule has 0 bridgehead atoms. The average molecular weight is 328 g/mol. The highest BCUT2D eigenvalue weighted by molar-refractivity contribution is 5.94. The predicted octanol–water partition coefficient (Wildman–Crippen LogP) is 1.11. The van der Waals surface area contributed by atoms with E-state index in [1.54, 1.807) is 0 Å². The summed E-state index contributed by atoms with van der Waals surface area (Å²) in [7, 11) is 0. The first-order valence-corrected chi connectivity index (χ1v) is 7.56. The quantitative estimate of drug-likeness (QED) is 0.902. The summed E-state index contributed by atoms with van der Waals surface area (Å²) >= 11 is 0. The molecule has 0 atom stereocenters. The van der Waals surface area contributed by atoms with Gasteiger partial charge in [-0.1, -0.05) is 0 Å². The highest BCUT2D eigenvalue weighted by Gasteiger charge is 2.62. The van der Waals surface area contributed by atoms with Crippen LogP contribution in [-0.2, 0) is 4.79 Å². The third kappa shape index (κ3) is 2.60. The lowest BCUT2D eigenvalue weighted by molar-refractivity contribution is -0.224. The van der Waals surface area contributed by atoms with E-state index in [4.69, 9.17) is 4.42 Å². The molecule has 1 saturated heterocycles. The van der Waals surface area contributed by atoms with Crippen molar-refractivity contribution in [3.63, 3.8) is 0 Å². The van der Waals surface area contributed by atoms with Gasteiger partial charge in [-0.15, -0.1) is 0 Å². The molecule has 23 heavy (non-hydrogen) atoms. The first-order chi connectivity index (χ1) is 10.8. The van der Waals surface area contributed by atoms with Gasteiger partial charge in [-0.3, -0.25) is 9.59 Å². The maximum absolute atomic E-state index is 14.2. The number of furan rings is 1. The van der Waals surface area contributed by atoms with Crippen molar-refractivity contribution in [2.75, 3.05) is 26.2 Å². The lowest BCUT2D eigenvalue weighted by Gasteiger charge is -2.44. The second-order valence-corrected chi connectivity index (χ2v) is 6.06. The number of hydrogen-bond donors (Lipinski definition) is 1. The third-order valence-corrected chi connectivity index (χ3v) is 4.66. The first kappa shape index (κ1) is 15.9. The molecule has 2 heterocycles. The van der Waals surface area contributed by atoms with Gasteiger partial charge in [-0.25, -0.2) is 0 Å². The number of nitrogens with zero attached hydrogens (tertiary/aromatic N) is 2. The second kappa shape index (κ2) is 5.59. The number of piperazine rings is 1. The van der Waals surface area contributed by atoms with Crippen LogP contribution in [0.5, 0.6) is 0 Å². The topological polar surface area (TPSA) is 74.0 Å². The van der Waals surface area contributed by atoms with E-state index >= 15 is 0 Å². The van der Waals surface area contributed by atoms with Crippen LogP contribution in [0.2, 0.25) is 0 Å². The molecule has 2 amide bonds. The van der Waals surface area contributed by atoms with Gasteiger partial charge in [0.25, 0.3) is 11.8 Å². The van der Waals surface area contributed by atoms with E-state index in [0.717, 1.165) is 4.90 Å². The van der Waals surface area contributed by atoms with E-state index in [0.29, 0.717) is 12.0 Å². The van der Waals surface area contributed by atoms with Crippen LogP contribution < -0.4 is 0 Å². The summed E-state index contributed by atoms with van der Waals surface area (Å²) in [5.41, 5.74) is -1.83. The van der Waals surface area contributed by atoms with E-state index in [2.05, 4.69) is 0 Å². The fraction of sp³-hybridized carbons (Fsp3) is 0.600. The summed E-state index contributed by atoms with van der Waals surface area (Å²) in [5.74, 6) is -5.38. The van der Waals surface area contributed by atoms with E-state index in [1.807, 2.05) is 0 Å². The monoisotopic (exact) mass is 328 g/mol. The molecule has 2 fully saturated rings. The maximum Gasteiger partial charge on any atom is 0.352 e. The van der Waals surface area contributed by atoms with Crippen LogP contribution in [0.25, 0.3) is 0 Å². The molecule has 0 spiro atoms. The fourth-order valence-corrected chi connectivity index (χ4v) is 2.90. The summed E-state index contributed by atoms with van der Waals surface area (Å²) in [6.45, 7) is 0.386. The minimum atomic E-state index is -3.78. The number of carbonyl (C=O) groups excluding carboxylic acids is 2. The van der Waals surface area contributed by atoms with E-state index < -0.39 is 17.4 Å². The van der Waals surface area contributed by atoms with Crippen molar-refractivity contribution in [1.29, 1.82) is 0 Å². The number of hydrogen-bond acceptors (Lipinski definition) is 4. The van der Waals surface area contributed by atoms with Gasteiger partial charge in [0, 0.05) is 26.2 Å². The van der Waals surface area contributed by atoms with Crippen LogP contribution in [0.4, 0.5) is 8.78 Å². The Morgan fingerprint density at radius 2 is 1.78 bits per heavy atom. The Morgan fingerprint density at radius 3 is 2.26 bits per heavy atom. The molecule has 2 aliphatic rings. The zero-order valence-corrected chi connectivity index (χ0v) is 12.5. The fourth-order valence-electron chi connectivity index (χ4n) is 2.90. The van der Waals surface area contributed by atoms with Crippen LogP contribution in [0.15, 0.2) is 23.0 Å². The summed E-state index contributed by atoms with van der Waals surface area (Å²) < 4.78 is 33.2. The number of aliphatic hydroxyl groups is 1. The molecular formula is C15H18F2N2O4. The van der Waals surface area contributed by atoms with E-state index in [9.17, 15) is 23.5 Å². The Bertz CT molecular complexity index is 591. The number of rotatable bonds is 3. The molecule has 1 aliphatic heterocycles. The molecule has 0 aromatic carbocycles. The molecule has 126 valence electrons. The number of carbonyl (C=O) groups is 2. The zero-order valence-electron chi connectivity index (χ0n) is 12.5. The number of alkyl halides is 2. The number of halogens is 2. The lowest BCUT2D eigenvalue weighted by atomic mass is 9.75. The molecule has 0 radical (unpaired) electrons. The van der Waals surface area contributed by atoms with Crippen LogP contribution in [0, 0.1) is 0 Å². The predicted molar refractivity (Wildman–Crippen MR) is 74.9 cm³/mol. The van der Waals surface area contributed by atoms with Crippen molar-refractivity contribution in [3.8, 4) is 0 Å². The van der Waals surface area contributed by atoms with Crippen molar-refractivity contribution in [2.24, 2.45) is 0 Å². The lowest BCUT2D eigenvalue weighted by Crippen LogP contribution is -2.63. The van der Waals surface area contributed by atoms with Crippen molar-refractivity contribution in [2.45, 2.75) is 30.8 Å². The Labute approximate surface area is 131 Å². The third-order valence-electron chi connectivity index (χ3n) is 4.66. The maximum atomic E-state index is 14.2. The highest BCUT2D eigenvalue weighted by Crippen LogP contribution is 2.45. The average Bonchev–Trinajstić information content (AvgIpc) is 3.05. The minimum absolute atomic E-state index is 0.0219. The Hall–Kier alpha value is -1.96. The molecular weight excluding hydrogens is 310 g/mol. The molecule has 1 aliphatic carbocycles. The Kier molecular flexibility index (Phi) is 3.87. The normalized spacial score (nSPS) is 21.0. The van der Waals surface area contributed by atoms with Gasteiger partial charge < -0.3 is 19.3 Å². The van der Waals surface area contributed by atoms with Gasteiger partial charge in [0.1, 0.15) is 11.9 Å². The van der Waals surface area contributed by atoms with Gasteiger partial charge in [-0.05, 0) is 25.3 Å². The zero-order chi connectivity index (χ0) is 16.7. The number of amides is 2. The molecule has 0 unspecified atom stereocenters. The van der Waals surface area contributed by atoms with Crippen molar-refractivity contribution in [1.82, 2.24) is 9.80 Å². The Balaban J connectivity index is 1.60. The second-order valence-electron chi connectivity index (χ2n) is 6.06. The smallest absolute Gasteiger partial charge is 0.352 e. The van der Waals surface area contributed by atoms with Gasteiger partial charge in [-0.2, -0.15) is 8.78 Å². The van der Waals surface area contributed by atoms with Crippen molar-refractivity contribution in [3.05, 3.63) is 24.2 Å². The molecule has 1 N–H and O–H groups in total. The molecule has 1 aromatic heterocycles. The van der Waals surface area contributed by atoms with E-state index in [1.165, 1.54) is 23.5 Å². The SMILES string of the molecule is O=C(c1ccoc1)N1CCN(C(=O)C(F)(F)C2(O)CCC2)CC1. The van der Waals surface area contributed by atoms with Crippen LogP contribution >= 0.6 is 0 Å². The molecule has 6 nitrogen and oxygen atoms in total. The van der Waals surface area contributed by atoms with Gasteiger partial charge in [0.05, 0.1) is 11.8 Å². The van der Waals surface area contributed by atoms with Crippen LogP contribution in [0.3, 0.4) is 0 Å². The Morgan fingerprint density at radius 1 is 1.17 bits per heavy atom. The van der Waals surface area contributed by atoms with Gasteiger partial charge in [0.15, 0.2) is 0 Å².